The molecule has 0 atom stereocenters. The molecular weight excluding hydrogens is 336 g/mol. The summed E-state index contributed by atoms with van der Waals surface area (Å²) in [5.41, 5.74) is -1.04. The number of thiophene rings is 1. The van der Waals surface area contributed by atoms with Crippen LogP contribution in [0.5, 0.6) is 0 Å². The van der Waals surface area contributed by atoms with E-state index in [2.05, 4.69) is 4.98 Å². The number of carboxylic acids is 1. The van der Waals surface area contributed by atoms with Crippen LogP contribution in [0.2, 0.25) is 0 Å². The molecule has 0 aromatic carbocycles. The summed E-state index contributed by atoms with van der Waals surface area (Å²) < 4.78 is 5.67. The molecule has 0 bridgehead atoms. The maximum atomic E-state index is 12.0. The number of aryl methyl sites for hydroxylation is 1. The molecule has 0 aliphatic carbocycles. The van der Waals surface area contributed by atoms with Gasteiger partial charge in [0.05, 0.1) is 17.5 Å². The van der Waals surface area contributed by atoms with Crippen LogP contribution in [0.4, 0.5) is 0 Å². The van der Waals surface area contributed by atoms with Crippen LogP contribution in [0.3, 0.4) is 0 Å². The van der Waals surface area contributed by atoms with Crippen molar-refractivity contribution in [2.75, 3.05) is 7.11 Å². The fourth-order valence-corrected chi connectivity index (χ4v) is 2.72. The third-order valence-electron chi connectivity index (χ3n) is 3.14. The first-order chi connectivity index (χ1) is 11.0. The number of ether oxygens (including phenoxy) is 1. The van der Waals surface area contributed by atoms with Crippen LogP contribution >= 0.6 is 11.3 Å². The summed E-state index contributed by atoms with van der Waals surface area (Å²) in [5, 5.41) is 9.09. The van der Waals surface area contributed by atoms with E-state index < -0.39 is 17.2 Å². The molecule has 0 spiro atoms. The summed E-state index contributed by atoms with van der Waals surface area (Å²) in [5.74, 6) is -1.16. The van der Waals surface area contributed by atoms with E-state index in [-0.39, 0.29) is 27.2 Å². The molecular formula is C15H20N2O6S. The topological polar surface area (TPSA) is 118 Å². The Morgan fingerprint density at radius 2 is 1.92 bits per heavy atom. The Morgan fingerprint density at radius 1 is 1.38 bits per heavy atom. The van der Waals surface area contributed by atoms with Crippen molar-refractivity contribution >= 4 is 33.8 Å². The molecule has 2 N–H and O–H groups in total. The highest BCUT2D eigenvalue weighted by Gasteiger charge is 2.19. The number of nitrogens with one attached hydrogen (secondary N) is 1. The molecule has 2 rings (SSSR count). The first-order valence-electron chi connectivity index (χ1n) is 7.01. The lowest BCUT2D eigenvalue weighted by molar-refractivity contribution is -0.108. The number of aromatic amines is 1. The molecule has 0 saturated heterocycles. The lowest BCUT2D eigenvalue weighted by Gasteiger charge is -2.14. The molecule has 24 heavy (non-hydrogen) atoms. The zero-order valence-corrected chi connectivity index (χ0v) is 14.9. The zero-order valence-electron chi connectivity index (χ0n) is 14.1. The Hall–Kier alpha value is -2.26. The van der Waals surface area contributed by atoms with Crippen LogP contribution < -0.4 is 11.2 Å². The van der Waals surface area contributed by atoms with Gasteiger partial charge in [0, 0.05) is 7.11 Å². The van der Waals surface area contributed by atoms with Gasteiger partial charge in [0.2, 0.25) is 0 Å². The van der Waals surface area contributed by atoms with Gasteiger partial charge in [-0.15, -0.1) is 11.3 Å². The van der Waals surface area contributed by atoms with Crippen LogP contribution in [0.25, 0.3) is 10.2 Å². The van der Waals surface area contributed by atoms with Crippen molar-refractivity contribution in [3.63, 3.8) is 0 Å². The van der Waals surface area contributed by atoms with Crippen LogP contribution in [0.15, 0.2) is 9.59 Å². The standard InChI is InChI=1S/C10H8N2O5S.C5H12O/c1-4-5-7(18-6(4)9(15)16)11-10(17)12(2-3-13)8(5)14;1-5(2,3)6-4/h3H,2H2,1H3,(H,11,17)(H,15,16);1-4H3. The third-order valence-corrected chi connectivity index (χ3v) is 4.33. The number of aromatic nitrogens is 2. The van der Waals surface area contributed by atoms with Crippen molar-refractivity contribution in [1.82, 2.24) is 9.55 Å². The molecule has 9 heteroatoms. The molecule has 0 radical (unpaired) electrons. The van der Waals surface area contributed by atoms with Gasteiger partial charge in [-0.1, -0.05) is 0 Å². The molecule has 132 valence electrons. The van der Waals surface area contributed by atoms with E-state index in [0.29, 0.717) is 11.8 Å². The van der Waals surface area contributed by atoms with Gasteiger partial charge in [-0.3, -0.25) is 14.3 Å². The van der Waals surface area contributed by atoms with E-state index in [4.69, 9.17) is 9.84 Å². The quantitative estimate of drug-likeness (QED) is 0.802. The lowest BCUT2D eigenvalue weighted by atomic mass is 10.2. The second-order valence-corrected chi connectivity index (χ2v) is 6.92. The Kier molecular flexibility index (Phi) is 6.22. The van der Waals surface area contributed by atoms with Gasteiger partial charge in [-0.05, 0) is 33.3 Å². The van der Waals surface area contributed by atoms with Gasteiger partial charge in [0.25, 0.3) is 5.56 Å². The van der Waals surface area contributed by atoms with Gasteiger partial charge in [0.15, 0.2) is 0 Å². The fraction of sp³-hybridized carbons (Fsp3) is 0.467. The smallest absolute Gasteiger partial charge is 0.346 e. The molecule has 0 unspecified atom stereocenters. The highest BCUT2D eigenvalue weighted by molar-refractivity contribution is 7.20. The van der Waals surface area contributed by atoms with Crippen LogP contribution in [-0.2, 0) is 16.1 Å². The Bertz CT molecular complexity index is 869. The lowest BCUT2D eigenvalue weighted by Crippen LogP contribution is -2.35. The highest BCUT2D eigenvalue weighted by Crippen LogP contribution is 2.25. The first-order valence-corrected chi connectivity index (χ1v) is 7.83. The number of H-pyrrole nitrogens is 1. The van der Waals surface area contributed by atoms with Crippen molar-refractivity contribution in [1.29, 1.82) is 0 Å². The van der Waals surface area contributed by atoms with E-state index in [1.807, 2.05) is 20.8 Å². The van der Waals surface area contributed by atoms with E-state index in [1.54, 1.807) is 7.11 Å². The molecule has 0 aliphatic heterocycles. The van der Waals surface area contributed by atoms with Crippen molar-refractivity contribution in [2.45, 2.75) is 39.8 Å². The van der Waals surface area contributed by atoms with Crippen LogP contribution in [-0.4, -0.2) is 39.6 Å². The number of rotatable bonds is 3. The van der Waals surface area contributed by atoms with Gasteiger partial charge < -0.3 is 14.6 Å². The van der Waals surface area contributed by atoms with E-state index in [1.165, 1.54) is 6.92 Å². The summed E-state index contributed by atoms with van der Waals surface area (Å²) in [6.07, 6.45) is 0.433. The number of aldehydes is 1. The minimum atomic E-state index is -1.16. The van der Waals surface area contributed by atoms with E-state index in [9.17, 15) is 19.2 Å². The number of methoxy groups -OCH3 is 1. The fourth-order valence-electron chi connectivity index (χ4n) is 1.70. The molecule has 0 amide bonds. The number of carboxylic acid groups (broad SMARTS) is 1. The summed E-state index contributed by atoms with van der Waals surface area (Å²) in [6.45, 7) is 7.20. The summed E-state index contributed by atoms with van der Waals surface area (Å²) in [4.78, 5) is 47.5. The monoisotopic (exact) mass is 356 g/mol. The maximum absolute atomic E-state index is 12.0. The Morgan fingerprint density at radius 3 is 2.33 bits per heavy atom. The summed E-state index contributed by atoms with van der Waals surface area (Å²) >= 11 is 0.830. The number of carbonyl (C=O) groups is 2. The summed E-state index contributed by atoms with van der Waals surface area (Å²) in [6, 6.07) is 0. The number of fused-ring (bicyclic) bond motifs is 1. The van der Waals surface area contributed by atoms with Crippen molar-refractivity contribution < 1.29 is 19.4 Å². The second kappa shape index (κ2) is 7.54. The SMILES string of the molecule is COC(C)(C)C.Cc1c(C(=O)O)sc2[nH]c(=O)n(CC=O)c(=O)c12. The largest absolute Gasteiger partial charge is 0.477 e. The number of hydrogen-bond donors (Lipinski definition) is 2. The third kappa shape index (κ3) is 4.39. The number of aromatic carboxylic acids is 1. The van der Waals surface area contributed by atoms with Crippen molar-refractivity contribution in [2.24, 2.45) is 0 Å². The Labute approximate surface area is 141 Å². The van der Waals surface area contributed by atoms with Gasteiger partial charge in [0.1, 0.15) is 16.0 Å². The van der Waals surface area contributed by atoms with Crippen molar-refractivity contribution in [3.05, 3.63) is 31.3 Å². The molecule has 0 aliphatic rings. The average molecular weight is 356 g/mol. The predicted molar refractivity (Wildman–Crippen MR) is 91.2 cm³/mol. The van der Waals surface area contributed by atoms with Crippen LogP contribution in [0, 0.1) is 6.92 Å². The van der Waals surface area contributed by atoms with Crippen LogP contribution in [0.1, 0.15) is 36.0 Å². The number of nitrogens with zero attached hydrogens (tertiary/aromatic N) is 1. The maximum Gasteiger partial charge on any atom is 0.346 e. The minimum absolute atomic E-state index is 0.00148. The molecule has 0 saturated carbocycles. The molecule has 0 fully saturated rings. The van der Waals surface area contributed by atoms with E-state index in [0.717, 1.165) is 15.9 Å². The van der Waals surface area contributed by atoms with Gasteiger partial charge in [-0.2, -0.15) is 0 Å². The summed E-state index contributed by atoms with van der Waals surface area (Å²) in [7, 11) is 1.71. The first kappa shape index (κ1) is 19.8. The molecule has 2 aromatic heterocycles. The normalized spacial score (nSPS) is 11.0. The van der Waals surface area contributed by atoms with E-state index >= 15 is 0 Å². The molecule has 2 heterocycles. The Balaban J connectivity index is 0.000000413. The second-order valence-electron chi connectivity index (χ2n) is 5.89. The number of carbonyl (C=O) groups excluding carboxylic acids is 1. The molecule has 8 nitrogen and oxygen atoms in total. The number of hydrogen-bond acceptors (Lipinski definition) is 6. The van der Waals surface area contributed by atoms with Gasteiger partial charge >= 0.3 is 11.7 Å². The minimum Gasteiger partial charge on any atom is -0.477 e. The zero-order chi connectivity index (χ0) is 18.7. The highest BCUT2D eigenvalue weighted by atomic mass is 32.1. The van der Waals surface area contributed by atoms with Gasteiger partial charge in [-0.25, -0.2) is 9.59 Å². The average Bonchev–Trinajstić information content (AvgIpc) is 2.80. The predicted octanol–water partition coefficient (Wildman–Crippen LogP) is 1.39. The van der Waals surface area contributed by atoms with Crippen molar-refractivity contribution in [3.8, 4) is 0 Å². The molecule has 2 aromatic rings.